The Morgan fingerprint density at radius 2 is 1.55 bits per heavy atom. The van der Waals surface area contributed by atoms with Crippen LogP contribution in [0.4, 0.5) is 0 Å². The molecule has 5 amide bonds. The summed E-state index contributed by atoms with van der Waals surface area (Å²) >= 11 is 0. The highest BCUT2D eigenvalue weighted by molar-refractivity contribution is 5.97. The van der Waals surface area contributed by atoms with Crippen molar-refractivity contribution in [2.45, 2.75) is 69.2 Å². The van der Waals surface area contributed by atoms with E-state index in [2.05, 4.69) is 26.3 Å². The van der Waals surface area contributed by atoms with Crippen LogP contribution in [0, 0.1) is 0 Å². The molecule has 0 aliphatic carbocycles. The highest BCUT2D eigenvalue weighted by Gasteiger charge is 2.38. The molecular formula is C23H39N9O10. The largest absolute Gasteiger partial charge is 0.481 e. The molecule has 1 rings (SSSR count). The molecule has 5 atom stereocenters. The van der Waals surface area contributed by atoms with Crippen LogP contribution in [0.25, 0.3) is 0 Å². The highest BCUT2D eigenvalue weighted by Crippen LogP contribution is 2.18. The number of carbonyl (C=O) groups excluding carboxylic acids is 5. The molecule has 0 bridgehead atoms. The Bertz CT molecular complexity index is 1050. The third-order valence-electron chi connectivity index (χ3n) is 6.16. The van der Waals surface area contributed by atoms with Crippen molar-refractivity contribution in [1.82, 2.24) is 26.2 Å². The smallest absolute Gasteiger partial charge is 0.326 e. The van der Waals surface area contributed by atoms with Crippen LogP contribution in [-0.2, 0) is 33.6 Å². The van der Waals surface area contributed by atoms with Gasteiger partial charge in [-0.15, -0.1) is 0 Å². The van der Waals surface area contributed by atoms with Crippen LogP contribution in [0.1, 0.15) is 39.0 Å². The number of aliphatic hydroxyl groups is 1. The zero-order chi connectivity index (χ0) is 32.0. The molecule has 0 unspecified atom stereocenters. The van der Waals surface area contributed by atoms with Gasteiger partial charge in [0.1, 0.15) is 30.2 Å². The molecule has 1 aliphatic heterocycles. The number of aliphatic carboxylic acids is 2. The summed E-state index contributed by atoms with van der Waals surface area (Å²) in [6, 6.07) is -6.94. The molecule has 1 fully saturated rings. The van der Waals surface area contributed by atoms with E-state index >= 15 is 0 Å². The van der Waals surface area contributed by atoms with Gasteiger partial charge in [-0.05, 0) is 32.6 Å². The van der Waals surface area contributed by atoms with Crippen molar-refractivity contribution in [2.75, 3.05) is 26.2 Å². The van der Waals surface area contributed by atoms with E-state index in [1.807, 2.05) is 0 Å². The predicted molar refractivity (Wildman–Crippen MR) is 144 cm³/mol. The first-order chi connectivity index (χ1) is 19.7. The minimum absolute atomic E-state index is 0.0725. The molecule has 42 heavy (non-hydrogen) atoms. The molecule has 13 N–H and O–H groups in total. The van der Waals surface area contributed by atoms with E-state index in [-0.39, 0.29) is 38.3 Å². The van der Waals surface area contributed by atoms with E-state index in [0.29, 0.717) is 6.42 Å². The molecule has 19 nitrogen and oxygen atoms in total. The first-order valence-corrected chi connectivity index (χ1v) is 13.0. The Labute approximate surface area is 240 Å². The van der Waals surface area contributed by atoms with Crippen molar-refractivity contribution in [2.24, 2.45) is 22.2 Å². The molecule has 0 aromatic carbocycles. The Morgan fingerprint density at radius 3 is 2.10 bits per heavy atom. The maximum atomic E-state index is 12.9. The SMILES string of the molecule is C[C@H](NC(=O)[C@H](CCCN=C(N)N)NC(=O)CN)C(=O)N[C@H](CC(=O)O)C(=O)N[C@H](CO)C(=O)N1CCC[C@@H]1C(=O)O. The summed E-state index contributed by atoms with van der Waals surface area (Å²) in [5, 5.41) is 37.3. The van der Waals surface area contributed by atoms with Gasteiger partial charge < -0.3 is 58.7 Å². The summed E-state index contributed by atoms with van der Waals surface area (Å²) in [6.45, 7) is 0.135. The van der Waals surface area contributed by atoms with Crippen molar-refractivity contribution in [3.63, 3.8) is 0 Å². The summed E-state index contributed by atoms with van der Waals surface area (Å²) in [6.07, 6.45) is -0.00260. The molecule has 0 aromatic rings. The topological polar surface area (TPSA) is 322 Å². The van der Waals surface area contributed by atoms with Gasteiger partial charge in [0.15, 0.2) is 5.96 Å². The van der Waals surface area contributed by atoms with Gasteiger partial charge in [0.25, 0.3) is 0 Å². The predicted octanol–water partition coefficient (Wildman–Crippen LogP) is -5.50. The number of aliphatic imine (C=N–C) groups is 1. The lowest BCUT2D eigenvalue weighted by molar-refractivity contribution is -0.150. The van der Waals surface area contributed by atoms with Gasteiger partial charge >= 0.3 is 11.9 Å². The standard InChI is InChI=1S/C23H39N9O10/c1-11(28-19(38)12(29-16(34)9-24)4-2-6-27-23(25)26)18(37)30-13(8-17(35)36)20(39)31-14(10-33)21(40)32-7-3-5-15(32)22(41)42/h11-15,33H,2-10,24H2,1H3,(H,28,38)(H,29,34)(H,30,37)(H,31,39)(H,35,36)(H,41,42)(H4,25,26,27)/t11-,12-,13+,14+,15+/m0/s1. The number of rotatable bonds is 17. The Balaban J connectivity index is 2.91. The number of carbonyl (C=O) groups is 7. The van der Waals surface area contributed by atoms with E-state index in [1.54, 1.807) is 0 Å². The first-order valence-electron chi connectivity index (χ1n) is 13.0. The van der Waals surface area contributed by atoms with Crippen molar-refractivity contribution >= 4 is 47.4 Å². The Morgan fingerprint density at radius 1 is 0.929 bits per heavy atom. The maximum absolute atomic E-state index is 12.9. The lowest BCUT2D eigenvalue weighted by Crippen LogP contribution is -2.59. The monoisotopic (exact) mass is 601 g/mol. The molecular weight excluding hydrogens is 562 g/mol. The number of guanidine groups is 1. The zero-order valence-electron chi connectivity index (χ0n) is 23.1. The number of likely N-dealkylation sites (tertiary alicyclic amines) is 1. The van der Waals surface area contributed by atoms with Crippen molar-refractivity contribution in [3.8, 4) is 0 Å². The number of aliphatic hydroxyl groups excluding tert-OH is 1. The lowest BCUT2D eigenvalue weighted by atomic mass is 10.1. The molecule has 0 saturated carbocycles. The number of hydrogen-bond donors (Lipinski definition) is 10. The van der Waals surface area contributed by atoms with Crippen LogP contribution in [-0.4, -0.2) is 124 Å². The lowest BCUT2D eigenvalue weighted by Gasteiger charge is -2.28. The minimum atomic E-state index is -1.74. The van der Waals surface area contributed by atoms with Crippen LogP contribution in [0.3, 0.4) is 0 Å². The van der Waals surface area contributed by atoms with Crippen LogP contribution < -0.4 is 38.5 Å². The van der Waals surface area contributed by atoms with E-state index in [4.69, 9.17) is 17.2 Å². The Hall–Kier alpha value is -4.52. The van der Waals surface area contributed by atoms with Gasteiger partial charge in [-0.1, -0.05) is 0 Å². The van der Waals surface area contributed by atoms with Crippen LogP contribution >= 0.6 is 0 Å². The van der Waals surface area contributed by atoms with Gasteiger partial charge in [-0.3, -0.25) is 33.8 Å². The van der Waals surface area contributed by atoms with E-state index in [1.165, 1.54) is 6.92 Å². The van der Waals surface area contributed by atoms with Gasteiger partial charge in [0, 0.05) is 13.1 Å². The number of nitrogens with one attached hydrogen (secondary N) is 4. The third-order valence-corrected chi connectivity index (χ3v) is 6.16. The summed E-state index contributed by atoms with van der Waals surface area (Å²) in [5.41, 5.74) is 15.8. The number of carboxylic acids is 2. The number of nitrogens with zero attached hydrogens (tertiary/aromatic N) is 2. The summed E-state index contributed by atoms with van der Waals surface area (Å²) in [7, 11) is 0. The van der Waals surface area contributed by atoms with Gasteiger partial charge in [-0.25, -0.2) is 4.79 Å². The fourth-order valence-corrected chi connectivity index (χ4v) is 4.03. The maximum Gasteiger partial charge on any atom is 0.326 e. The Kier molecular flexibility index (Phi) is 14.6. The van der Waals surface area contributed by atoms with Crippen molar-refractivity contribution < 1.29 is 48.9 Å². The molecule has 0 aromatic heterocycles. The van der Waals surface area contributed by atoms with Crippen LogP contribution in [0.15, 0.2) is 4.99 Å². The zero-order valence-corrected chi connectivity index (χ0v) is 23.1. The second-order valence-corrected chi connectivity index (χ2v) is 9.43. The van der Waals surface area contributed by atoms with E-state index in [9.17, 15) is 48.9 Å². The first kappa shape index (κ1) is 35.5. The second-order valence-electron chi connectivity index (χ2n) is 9.43. The summed E-state index contributed by atoms with van der Waals surface area (Å²) in [4.78, 5) is 90.5. The summed E-state index contributed by atoms with van der Waals surface area (Å²) in [5.74, 6) is -7.35. The van der Waals surface area contributed by atoms with Crippen LogP contribution in [0.5, 0.6) is 0 Å². The number of hydrogen-bond acceptors (Lipinski definition) is 10. The molecule has 1 aliphatic rings. The number of carboxylic acid groups (broad SMARTS) is 2. The van der Waals surface area contributed by atoms with E-state index in [0.717, 1.165) is 4.90 Å². The van der Waals surface area contributed by atoms with Gasteiger partial charge in [0.05, 0.1) is 19.6 Å². The quantitative estimate of drug-likeness (QED) is 0.0423. The third kappa shape index (κ3) is 11.5. The molecule has 0 radical (unpaired) electrons. The van der Waals surface area contributed by atoms with Gasteiger partial charge in [0.2, 0.25) is 29.5 Å². The molecule has 1 heterocycles. The normalized spacial score (nSPS) is 17.1. The fraction of sp³-hybridized carbons (Fsp3) is 0.652. The number of nitrogens with two attached hydrogens (primary N) is 3. The molecule has 236 valence electrons. The van der Waals surface area contributed by atoms with E-state index < -0.39 is 91.3 Å². The molecule has 0 spiro atoms. The second kappa shape index (κ2) is 17.3. The molecule has 19 heteroatoms. The average Bonchev–Trinajstić information content (AvgIpc) is 3.42. The van der Waals surface area contributed by atoms with Crippen molar-refractivity contribution in [3.05, 3.63) is 0 Å². The summed E-state index contributed by atoms with van der Waals surface area (Å²) < 4.78 is 0. The average molecular weight is 602 g/mol. The minimum Gasteiger partial charge on any atom is -0.481 e. The van der Waals surface area contributed by atoms with Crippen LogP contribution in [0.2, 0.25) is 0 Å². The van der Waals surface area contributed by atoms with Crippen molar-refractivity contribution in [1.29, 1.82) is 0 Å². The van der Waals surface area contributed by atoms with Gasteiger partial charge in [-0.2, -0.15) is 0 Å². The highest BCUT2D eigenvalue weighted by atomic mass is 16.4. The number of amides is 5. The fourth-order valence-electron chi connectivity index (χ4n) is 4.03. The molecule has 1 saturated heterocycles.